The average molecular weight is 215 g/mol. The van der Waals surface area contributed by atoms with Crippen LogP contribution in [0, 0.1) is 0 Å². The lowest BCUT2D eigenvalue weighted by Crippen LogP contribution is -2.03. The van der Waals surface area contributed by atoms with Crippen LogP contribution in [0.2, 0.25) is 0 Å². The molecule has 0 radical (unpaired) electrons. The van der Waals surface area contributed by atoms with Crippen LogP contribution in [0.3, 0.4) is 0 Å². The van der Waals surface area contributed by atoms with Crippen molar-refractivity contribution in [2.75, 3.05) is 23.4 Å². The lowest BCUT2D eigenvalue weighted by molar-refractivity contribution is 1.17. The van der Waals surface area contributed by atoms with E-state index in [2.05, 4.69) is 20.6 Å². The van der Waals surface area contributed by atoms with Crippen LogP contribution in [0.5, 0.6) is 0 Å². The molecule has 1 aromatic heterocycles. The van der Waals surface area contributed by atoms with Gasteiger partial charge in [0.25, 0.3) is 0 Å². The van der Waals surface area contributed by atoms with Crippen molar-refractivity contribution in [3.05, 3.63) is 36.4 Å². The Balaban J connectivity index is 2.24. The molecule has 0 saturated carbocycles. The maximum absolute atomic E-state index is 5.59. The minimum Gasteiger partial charge on any atom is -0.373 e. The summed E-state index contributed by atoms with van der Waals surface area (Å²) in [5, 5.41) is 6.07. The Morgan fingerprint density at radius 3 is 2.44 bits per heavy atom. The molecule has 0 bridgehead atoms. The Morgan fingerprint density at radius 2 is 1.75 bits per heavy atom. The first kappa shape index (κ1) is 10.2. The monoisotopic (exact) mass is 215 g/mol. The van der Waals surface area contributed by atoms with Crippen molar-refractivity contribution in [1.29, 1.82) is 0 Å². The highest BCUT2D eigenvalue weighted by molar-refractivity contribution is 5.60. The molecule has 0 unspecified atom stereocenters. The number of hydrogen-bond acceptors (Lipinski definition) is 5. The Hall–Kier alpha value is -2.30. The van der Waals surface area contributed by atoms with E-state index in [4.69, 9.17) is 5.73 Å². The lowest BCUT2D eigenvalue weighted by Gasteiger charge is -2.07. The van der Waals surface area contributed by atoms with Crippen molar-refractivity contribution in [3.63, 3.8) is 0 Å². The first-order valence-corrected chi connectivity index (χ1v) is 4.92. The van der Waals surface area contributed by atoms with Crippen LogP contribution in [-0.4, -0.2) is 17.0 Å². The molecule has 2 rings (SSSR count). The van der Waals surface area contributed by atoms with Crippen molar-refractivity contribution in [2.24, 2.45) is 0 Å². The summed E-state index contributed by atoms with van der Waals surface area (Å²) in [5.41, 5.74) is 6.55. The summed E-state index contributed by atoms with van der Waals surface area (Å²) < 4.78 is 0. The van der Waals surface area contributed by atoms with Crippen LogP contribution in [-0.2, 0) is 0 Å². The molecule has 0 aliphatic heterocycles. The molecule has 0 aliphatic rings. The van der Waals surface area contributed by atoms with E-state index < -0.39 is 0 Å². The van der Waals surface area contributed by atoms with Crippen molar-refractivity contribution in [3.8, 4) is 0 Å². The SMILES string of the molecule is CNc1cc(Nc2ccccc2)nc(N)n1. The fourth-order valence-electron chi connectivity index (χ4n) is 1.33. The third kappa shape index (κ3) is 2.38. The Bertz CT molecular complexity index is 469. The van der Waals surface area contributed by atoms with E-state index in [1.54, 1.807) is 13.1 Å². The molecule has 5 heteroatoms. The molecule has 2 aromatic rings. The van der Waals surface area contributed by atoms with Gasteiger partial charge in [0.1, 0.15) is 11.6 Å². The summed E-state index contributed by atoms with van der Waals surface area (Å²) in [6.07, 6.45) is 0. The fourth-order valence-corrected chi connectivity index (χ4v) is 1.33. The van der Waals surface area contributed by atoms with Gasteiger partial charge in [-0.2, -0.15) is 9.97 Å². The van der Waals surface area contributed by atoms with E-state index in [-0.39, 0.29) is 5.95 Å². The summed E-state index contributed by atoms with van der Waals surface area (Å²) >= 11 is 0. The van der Waals surface area contributed by atoms with Crippen LogP contribution in [0.4, 0.5) is 23.3 Å². The van der Waals surface area contributed by atoms with Gasteiger partial charge in [-0.3, -0.25) is 0 Å². The van der Waals surface area contributed by atoms with Gasteiger partial charge in [0.2, 0.25) is 5.95 Å². The molecule has 0 atom stereocenters. The summed E-state index contributed by atoms with van der Waals surface area (Å²) in [4.78, 5) is 8.10. The van der Waals surface area contributed by atoms with Crippen LogP contribution in [0.1, 0.15) is 0 Å². The quantitative estimate of drug-likeness (QED) is 0.728. The molecule has 1 aromatic carbocycles. The van der Waals surface area contributed by atoms with Gasteiger partial charge in [0, 0.05) is 18.8 Å². The largest absolute Gasteiger partial charge is 0.373 e. The van der Waals surface area contributed by atoms with Crippen molar-refractivity contribution >= 4 is 23.3 Å². The summed E-state index contributed by atoms with van der Waals surface area (Å²) in [6, 6.07) is 11.6. The number of benzene rings is 1. The third-order valence-electron chi connectivity index (χ3n) is 2.05. The minimum atomic E-state index is 0.241. The Labute approximate surface area is 93.7 Å². The van der Waals surface area contributed by atoms with E-state index in [0.29, 0.717) is 11.6 Å². The van der Waals surface area contributed by atoms with E-state index in [9.17, 15) is 0 Å². The van der Waals surface area contributed by atoms with E-state index in [1.165, 1.54) is 0 Å². The van der Waals surface area contributed by atoms with Gasteiger partial charge in [-0.1, -0.05) is 18.2 Å². The van der Waals surface area contributed by atoms with E-state index >= 15 is 0 Å². The second-order valence-electron chi connectivity index (χ2n) is 3.24. The highest BCUT2D eigenvalue weighted by Gasteiger charge is 2.00. The molecule has 0 amide bonds. The maximum Gasteiger partial charge on any atom is 0.223 e. The highest BCUT2D eigenvalue weighted by Crippen LogP contribution is 2.17. The van der Waals surface area contributed by atoms with Gasteiger partial charge >= 0.3 is 0 Å². The highest BCUT2D eigenvalue weighted by atomic mass is 15.1. The normalized spacial score (nSPS) is 9.81. The van der Waals surface area contributed by atoms with E-state index in [1.807, 2.05) is 30.3 Å². The number of nitrogens with one attached hydrogen (secondary N) is 2. The molecule has 0 aliphatic carbocycles. The zero-order valence-electron chi connectivity index (χ0n) is 8.94. The minimum absolute atomic E-state index is 0.241. The lowest BCUT2D eigenvalue weighted by atomic mass is 10.3. The zero-order chi connectivity index (χ0) is 11.4. The second kappa shape index (κ2) is 4.48. The van der Waals surface area contributed by atoms with Gasteiger partial charge in [0.05, 0.1) is 0 Å². The molecule has 82 valence electrons. The second-order valence-corrected chi connectivity index (χ2v) is 3.24. The standard InChI is InChI=1S/C11H13N5/c1-13-9-7-10(16-11(12)15-9)14-8-5-3-2-4-6-8/h2-7H,1H3,(H4,12,13,14,15,16). The number of para-hydroxylation sites is 1. The molecule has 1 heterocycles. The van der Waals surface area contributed by atoms with Crippen LogP contribution in [0.25, 0.3) is 0 Å². The Kier molecular flexibility index (Phi) is 2.86. The number of aromatic nitrogens is 2. The number of anilines is 4. The molecule has 0 spiro atoms. The first-order valence-electron chi connectivity index (χ1n) is 4.92. The molecular formula is C11H13N5. The fraction of sp³-hybridized carbons (Fsp3) is 0.0909. The van der Waals surface area contributed by atoms with Gasteiger partial charge in [-0.25, -0.2) is 0 Å². The van der Waals surface area contributed by atoms with Crippen molar-refractivity contribution < 1.29 is 0 Å². The molecule has 16 heavy (non-hydrogen) atoms. The average Bonchev–Trinajstić information content (AvgIpc) is 2.29. The smallest absolute Gasteiger partial charge is 0.223 e. The molecule has 4 N–H and O–H groups in total. The molecule has 5 nitrogen and oxygen atoms in total. The first-order chi connectivity index (χ1) is 7.78. The van der Waals surface area contributed by atoms with Crippen LogP contribution >= 0.6 is 0 Å². The van der Waals surface area contributed by atoms with Crippen LogP contribution in [0.15, 0.2) is 36.4 Å². The van der Waals surface area contributed by atoms with Gasteiger partial charge in [-0.15, -0.1) is 0 Å². The summed E-state index contributed by atoms with van der Waals surface area (Å²) in [7, 11) is 1.79. The van der Waals surface area contributed by atoms with Crippen LogP contribution < -0.4 is 16.4 Å². The predicted molar refractivity (Wildman–Crippen MR) is 65.7 cm³/mol. The van der Waals surface area contributed by atoms with E-state index in [0.717, 1.165) is 5.69 Å². The topological polar surface area (TPSA) is 75.9 Å². The van der Waals surface area contributed by atoms with Crippen molar-refractivity contribution in [2.45, 2.75) is 0 Å². The molecule has 0 fully saturated rings. The number of rotatable bonds is 3. The number of nitrogens with zero attached hydrogens (tertiary/aromatic N) is 2. The van der Waals surface area contributed by atoms with Gasteiger partial charge in [0.15, 0.2) is 0 Å². The predicted octanol–water partition coefficient (Wildman–Crippen LogP) is 1.84. The number of nitrogens with two attached hydrogens (primary N) is 1. The molecule has 0 saturated heterocycles. The number of nitrogen functional groups attached to an aromatic ring is 1. The summed E-state index contributed by atoms with van der Waals surface area (Å²) in [6.45, 7) is 0. The Morgan fingerprint density at radius 1 is 1.06 bits per heavy atom. The number of hydrogen-bond donors (Lipinski definition) is 3. The molecular weight excluding hydrogens is 202 g/mol. The van der Waals surface area contributed by atoms with Gasteiger partial charge < -0.3 is 16.4 Å². The third-order valence-corrected chi connectivity index (χ3v) is 2.05. The van der Waals surface area contributed by atoms with Crippen molar-refractivity contribution in [1.82, 2.24) is 9.97 Å². The maximum atomic E-state index is 5.59. The summed E-state index contributed by atoms with van der Waals surface area (Å²) in [5.74, 6) is 1.60. The zero-order valence-corrected chi connectivity index (χ0v) is 8.94. The van der Waals surface area contributed by atoms with Gasteiger partial charge in [-0.05, 0) is 12.1 Å².